The highest BCUT2D eigenvalue weighted by Gasteiger charge is 2.28. The molecule has 0 fully saturated rings. The van der Waals surface area contributed by atoms with Crippen LogP contribution in [0.25, 0.3) is 11.0 Å². The molecule has 7 nitrogen and oxygen atoms in total. The topological polar surface area (TPSA) is 112 Å². The van der Waals surface area contributed by atoms with Gasteiger partial charge in [0.2, 0.25) is 9.84 Å². The van der Waals surface area contributed by atoms with Gasteiger partial charge in [-0.15, -0.1) is 0 Å². The molecular weight excluding hydrogens is 404 g/mol. The van der Waals surface area contributed by atoms with Crippen molar-refractivity contribution >= 4 is 38.5 Å². The molecule has 3 aromatic rings. The Kier molecular flexibility index (Phi) is 4.29. The quantitative estimate of drug-likeness (QED) is 0.679. The summed E-state index contributed by atoms with van der Waals surface area (Å²) < 4.78 is 31.9. The molecular formula is C19H13ClN2O5S. The number of carboxylic acid groups (broad SMARTS) is 1. The van der Waals surface area contributed by atoms with Gasteiger partial charge in [-0.05, 0) is 30.3 Å². The van der Waals surface area contributed by atoms with Gasteiger partial charge in [-0.3, -0.25) is 0 Å². The molecule has 0 saturated heterocycles. The van der Waals surface area contributed by atoms with Crippen LogP contribution >= 0.6 is 11.6 Å². The van der Waals surface area contributed by atoms with E-state index < -0.39 is 15.9 Å². The number of furan rings is 1. The third-order valence-corrected chi connectivity index (χ3v) is 6.73. The first-order chi connectivity index (χ1) is 13.3. The van der Waals surface area contributed by atoms with Gasteiger partial charge < -0.3 is 14.4 Å². The van der Waals surface area contributed by atoms with E-state index in [1.54, 1.807) is 0 Å². The second-order valence-corrected chi connectivity index (χ2v) is 8.74. The molecule has 0 spiro atoms. The molecule has 142 valence electrons. The Bertz CT molecular complexity index is 1270. The first-order valence-corrected chi connectivity index (χ1v) is 10.1. The molecule has 0 aliphatic carbocycles. The number of sulfone groups is 1. The lowest BCUT2D eigenvalue weighted by Crippen LogP contribution is -2.34. The SMILES string of the molecule is N#Cc1cccc(S(=O)(=O)c2cc(Cl)c3oc4c(c3c2)CN(C(=O)O)CC4)c1. The largest absolute Gasteiger partial charge is 0.465 e. The van der Waals surface area contributed by atoms with Crippen molar-refractivity contribution in [1.29, 1.82) is 5.26 Å². The van der Waals surface area contributed by atoms with Crippen molar-refractivity contribution in [3.8, 4) is 6.07 Å². The van der Waals surface area contributed by atoms with Crippen LogP contribution in [-0.4, -0.2) is 31.1 Å². The van der Waals surface area contributed by atoms with Crippen LogP contribution in [0.4, 0.5) is 4.79 Å². The Balaban J connectivity index is 1.88. The van der Waals surface area contributed by atoms with Gasteiger partial charge in [0.1, 0.15) is 5.76 Å². The summed E-state index contributed by atoms with van der Waals surface area (Å²) in [6, 6.07) is 10.4. The van der Waals surface area contributed by atoms with E-state index in [1.165, 1.54) is 41.3 Å². The average Bonchev–Trinajstić information content (AvgIpc) is 3.06. The number of hydrogen-bond donors (Lipinski definition) is 1. The molecule has 1 amide bonds. The van der Waals surface area contributed by atoms with E-state index >= 15 is 0 Å². The predicted molar refractivity (Wildman–Crippen MR) is 100.0 cm³/mol. The highest BCUT2D eigenvalue weighted by Crippen LogP contribution is 2.37. The van der Waals surface area contributed by atoms with Gasteiger partial charge in [-0.1, -0.05) is 17.7 Å². The van der Waals surface area contributed by atoms with Crippen molar-refractivity contribution in [2.75, 3.05) is 6.54 Å². The van der Waals surface area contributed by atoms with Gasteiger partial charge in [0.25, 0.3) is 0 Å². The van der Waals surface area contributed by atoms with Crippen molar-refractivity contribution < 1.29 is 22.7 Å². The molecule has 0 saturated carbocycles. The van der Waals surface area contributed by atoms with E-state index in [-0.39, 0.29) is 26.9 Å². The Hall–Kier alpha value is -3.02. The Labute approximate surface area is 165 Å². The molecule has 2 heterocycles. The summed E-state index contributed by atoms with van der Waals surface area (Å²) in [5, 5.41) is 18.9. The lowest BCUT2D eigenvalue weighted by molar-refractivity contribution is 0.138. The van der Waals surface area contributed by atoms with Crippen LogP contribution in [0.2, 0.25) is 5.02 Å². The summed E-state index contributed by atoms with van der Waals surface area (Å²) in [6.07, 6.45) is -0.665. The molecule has 1 aliphatic rings. The van der Waals surface area contributed by atoms with Crippen LogP contribution in [0.3, 0.4) is 0 Å². The molecule has 1 aliphatic heterocycles. The Morgan fingerprint density at radius 2 is 2.04 bits per heavy atom. The molecule has 0 radical (unpaired) electrons. The summed E-state index contributed by atoms with van der Waals surface area (Å²) in [6.45, 7) is 0.396. The number of nitrogens with zero attached hydrogens (tertiary/aromatic N) is 2. The molecule has 1 aromatic heterocycles. The average molecular weight is 417 g/mol. The minimum absolute atomic E-state index is 0.0218. The minimum atomic E-state index is -3.93. The second-order valence-electron chi connectivity index (χ2n) is 6.38. The van der Waals surface area contributed by atoms with Gasteiger partial charge in [0, 0.05) is 23.9 Å². The third kappa shape index (κ3) is 2.89. The fourth-order valence-electron chi connectivity index (χ4n) is 3.30. The number of fused-ring (bicyclic) bond motifs is 3. The zero-order valence-corrected chi connectivity index (χ0v) is 15.9. The number of rotatable bonds is 2. The standard InChI is InChI=1S/C19H13ClN2O5S/c20-16-8-13(28(25,26)12-3-1-2-11(6-12)9-21)7-14-15-10-22(19(23)24)5-4-17(15)27-18(14)16/h1-3,6-8H,4-5,10H2,(H,23,24). The maximum atomic E-state index is 13.1. The van der Waals surface area contributed by atoms with Crippen molar-refractivity contribution in [2.24, 2.45) is 0 Å². The van der Waals surface area contributed by atoms with Crippen LogP contribution in [-0.2, 0) is 22.8 Å². The summed E-state index contributed by atoms with van der Waals surface area (Å²) >= 11 is 6.29. The minimum Gasteiger partial charge on any atom is -0.465 e. The molecule has 0 unspecified atom stereocenters. The number of hydrogen-bond acceptors (Lipinski definition) is 5. The predicted octanol–water partition coefficient (Wildman–Crippen LogP) is 3.83. The molecule has 0 atom stereocenters. The van der Waals surface area contributed by atoms with Gasteiger partial charge in [-0.25, -0.2) is 13.2 Å². The van der Waals surface area contributed by atoms with Crippen LogP contribution < -0.4 is 0 Å². The number of amides is 1. The van der Waals surface area contributed by atoms with Crippen LogP contribution in [0.15, 0.2) is 50.6 Å². The van der Waals surface area contributed by atoms with Gasteiger partial charge in [0.05, 0.1) is 33.0 Å². The van der Waals surface area contributed by atoms with Crippen molar-refractivity contribution in [2.45, 2.75) is 22.8 Å². The summed E-state index contributed by atoms with van der Waals surface area (Å²) in [5.74, 6) is 0.607. The smallest absolute Gasteiger partial charge is 0.407 e. The first kappa shape index (κ1) is 18.3. The van der Waals surface area contributed by atoms with Gasteiger partial charge in [0.15, 0.2) is 5.58 Å². The van der Waals surface area contributed by atoms with Crippen LogP contribution in [0.1, 0.15) is 16.9 Å². The van der Waals surface area contributed by atoms with Crippen molar-refractivity contribution in [3.05, 3.63) is 58.3 Å². The maximum absolute atomic E-state index is 13.1. The molecule has 2 aromatic carbocycles. The number of halogens is 1. The summed E-state index contributed by atoms with van der Waals surface area (Å²) in [4.78, 5) is 12.5. The monoisotopic (exact) mass is 416 g/mol. The van der Waals surface area contributed by atoms with E-state index in [0.717, 1.165) is 0 Å². The van der Waals surface area contributed by atoms with Crippen molar-refractivity contribution in [1.82, 2.24) is 4.90 Å². The highest BCUT2D eigenvalue weighted by molar-refractivity contribution is 7.91. The number of carbonyl (C=O) groups is 1. The van der Waals surface area contributed by atoms with E-state index in [0.29, 0.717) is 35.3 Å². The highest BCUT2D eigenvalue weighted by atomic mass is 35.5. The maximum Gasteiger partial charge on any atom is 0.407 e. The Morgan fingerprint density at radius 1 is 1.25 bits per heavy atom. The molecule has 1 N–H and O–H groups in total. The van der Waals surface area contributed by atoms with Crippen molar-refractivity contribution in [3.63, 3.8) is 0 Å². The van der Waals surface area contributed by atoms with Crippen LogP contribution in [0.5, 0.6) is 0 Å². The number of benzene rings is 2. The van der Waals surface area contributed by atoms with Crippen LogP contribution in [0, 0.1) is 11.3 Å². The van der Waals surface area contributed by atoms with E-state index in [2.05, 4.69) is 0 Å². The van der Waals surface area contributed by atoms with Gasteiger partial charge >= 0.3 is 6.09 Å². The zero-order chi connectivity index (χ0) is 20.1. The summed E-state index contributed by atoms with van der Waals surface area (Å²) in [7, 11) is -3.93. The molecule has 28 heavy (non-hydrogen) atoms. The third-order valence-electron chi connectivity index (χ3n) is 4.72. The molecule has 9 heteroatoms. The zero-order valence-electron chi connectivity index (χ0n) is 14.3. The molecule has 0 bridgehead atoms. The molecule has 4 rings (SSSR count). The first-order valence-electron chi connectivity index (χ1n) is 8.28. The lowest BCUT2D eigenvalue weighted by atomic mass is 10.1. The fourth-order valence-corrected chi connectivity index (χ4v) is 4.98. The fraction of sp³-hybridized carbons (Fsp3) is 0.158. The number of nitriles is 1. The lowest BCUT2D eigenvalue weighted by Gasteiger charge is -2.23. The van der Waals surface area contributed by atoms with Gasteiger partial charge in [-0.2, -0.15) is 5.26 Å². The second kappa shape index (κ2) is 6.55. The van der Waals surface area contributed by atoms with E-state index in [1.807, 2.05) is 6.07 Å². The summed E-state index contributed by atoms with van der Waals surface area (Å²) in [5.41, 5.74) is 1.18. The Morgan fingerprint density at radius 3 is 2.75 bits per heavy atom. The van der Waals surface area contributed by atoms with E-state index in [4.69, 9.17) is 21.3 Å². The normalized spacial score (nSPS) is 13.9. The van der Waals surface area contributed by atoms with E-state index in [9.17, 15) is 18.3 Å².